The first-order valence-corrected chi connectivity index (χ1v) is 9.44. The molecule has 2 amide bonds. The molecule has 13 heteroatoms. The van der Waals surface area contributed by atoms with Gasteiger partial charge >= 0.3 is 12.2 Å². The molecule has 0 bridgehead atoms. The molecule has 1 aromatic rings. The third kappa shape index (κ3) is 6.44. The fourth-order valence-corrected chi connectivity index (χ4v) is 2.73. The van der Waals surface area contributed by atoms with Gasteiger partial charge < -0.3 is 34.5 Å². The number of ether oxygens (including phenoxy) is 4. The van der Waals surface area contributed by atoms with Crippen molar-refractivity contribution in [1.29, 1.82) is 0 Å². The fraction of sp³-hybridized carbons (Fsp3) is 0.529. The van der Waals surface area contributed by atoms with Gasteiger partial charge in [0.15, 0.2) is 0 Å². The van der Waals surface area contributed by atoms with Crippen molar-refractivity contribution in [3.63, 3.8) is 0 Å². The van der Waals surface area contributed by atoms with E-state index >= 15 is 0 Å². The van der Waals surface area contributed by atoms with Crippen LogP contribution in [0.2, 0.25) is 0 Å². The van der Waals surface area contributed by atoms with Gasteiger partial charge in [-0.2, -0.15) is 0 Å². The molecule has 0 fully saturated rings. The van der Waals surface area contributed by atoms with E-state index in [4.69, 9.17) is 34.6 Å². The highest BCUT2D eigenvalue weighted by Gasteiger charge is 2.46. The Morgan fingerprint density at radius 2 is 1.57 bits per heavy atom. The maximum Gasteiger partial charge on any atom is 0.414 e. The molecule has 1 rings (SSSR count). The highest BCUT2D eigenvalue weighted by Crippen LogP contribution is 2.39. The van der Waals surface area contributed by atoms with Crippen LogP contribution in [-0.4, -0.2) is 70.6 Å². The van der Waals surface area contributed by atoms with E-state index in [1.54, 1.807) is 19.2 Å². The average molecular weight is 485 g/mol. The number of amides is 2. The zero-order valence-corrected chi connectivity index (χ0v) is 18.8. The second kappa shape index (κ2) is 10.3. The number of carbonyl (C=O) groups is 2. The van der Waals surface area contributed by atoms with Crippen molar-refractivity contribution in [1.82, 2.24) is 10.6 Å². The summed E-state index contributed by atoms with van der Waals surface area (Å²) in [6.45, 7) is 4.66. The minimum Gasteiger partial charge on any atom is -0.496 e. The number of aliphatic hydroxyl groups is 2. The minimum atomic E-state index is -3.21. The third-order valence-electron chi connectivity index (χ3n) is 3.73. The van der Waals surface area contributed by atoms with Gasteiger partial charge in [-0.3, -0.25) is 5.32 Å². The maximum atomic E-state index is 12.0. The van der Waals surface area contributed by atoms with Crippen LogP contribution in [0.5, 0.6) is 11.5 Å². The largest absolute Gasteiger partial charge is 0.496 e. The molecule has 4 N–H and O–H groups in total. The third-order valence-corrected chi connectivity index (χ3v) is 4.35. The number of alkyl carbamates (subject to hydrolysis) is 2. The van der Waals surface area contributed by atoms with E-state index in [0.717, 1.165) is 0 Å². The van der Waals surface area contributed by atoms with Crippen LogP contribution in [0.1, 0.15) is 26.3 Å². The lowest BCUT2D eigenvalue weighted by molar-refractivity contribution is -0.194. The number of nitrogens with one attached hydrogen (secondary N) is 2. The van der Waals surface area contributed by atoms with Crippen LogP contribution in [0.4, 0.5) is 9.59 Å². The van der Waals surface area contributed by atoms with E-state index in [0.29, 0.717) is 4.47 Å². The Balaban J connectivity index is 2.99. The molecule has 0 aromatic heterocycles. The summed E-state index contributed by atoms with van der Waals surface area (Å²) in [6, 6.07) is 2.55. The van der Waals surface area contributed by atoms with Gasteiger partial charge in [0.25, 0.3) is 0 Å². The van der Waals surface area contributed by atoms with E-state index in [1.165, 1.54) is 33.3 Å². The molecule has 4 radical (unpaired) electrons. The van der Waals surface area contributed by atoms with E-state index in [9.17, 15) is 19.8 Å². The summed E-state index contributed by atoms with van der Waals surface area (Å²) < 4.78 is 20.4. The lowest BCUT2D eigenvalue weighted by atomic mass is 9.48. The van der Waals surface area contributed by atoms with Crippen molar-refractivity contribution in [3.8, 4) is 11.5 Å². The summed E-state index contributed by atoms with van der Waals surface area (Å²) in [4.78, 5) is 23.6. The van der Waals surface area contributed by atoms with Gasteiger partial charge in [0.05, 0.1) is 34.4 Å². The molecule has 1 aromatic carbocycles. The molecule has 0 aliphatic rings. The average Bonchev–Trinajstić information content (AvgIpc) is 2.59. The Hall–Kier alpha value is -2.11. The fourth-order valence-electron chi connectivity index (χ4n) is 2.24. The molecule has 0 saturated heterocycles. The van der Waals surface area contributed by atoms with Crippen molar-refractivity contribution >= 4 is 43.8 Å². The quantitative estimate of drug-likeness (QED) is 0.314. The molecule has 0 saturated carbocycles. The molecule has 30 heavy (non-hydrogen) atoms. The standard InChI is InChI=1S/C17H23B2BrN2O8/c1-8(2)21-14(23)29-9(3)30-15(24)22-17(25,26)16(18,19)10-6-13(28-5)11(20)7-12(10)27-4/h6-9,25-26H,1-5H3,(H,21,23)(H,22,24). The van der Waals surface area contributed by atoms with Crippen molar-refractivity contribution < 1.29 is 38.7 Å². The molecular weight excluding hydrogens is 462 g/mol. The van der Waals surface area contributed by atoms with Crippen molar-refractivity contribution in [3.05, 3.63) is 22.2 Å². The first-order chi connectivity index (χ1) is 13.7. The van der Waals surface area contributed by atoms with Crippen LogP contribution < -0.4 is 20.1 Å². The topological polar surface area (TPSA) is 136 Å². The first-order valence-electron chi connectivity index (χ1n) is 8.65. The van der Waals surface area contributed by atoms with Gasteiger partial charge in [-0.05, 0) is 52.7 Å². The van der Waals surface area contributed by atoms with Gasteiger partial charge in [0.1, 0.15) is 11.5 Å². The van der Waals surface area contributed by atoms with Gasteiger partial charge in [-0.15, -0.1) is 0 Å². The Kier molecular flexibility index (Phi) is 8.88. The lowest BCUT2D eigenvalue weighted by Crippen LogP contribution is -2.64. The number of carbonyl (C=O) groups excluding carboxylic acids is 2. The second-order valence-corrected chi connectivity index (χ2v) is 7.38. The number of rotatable bonds is 8. The summed E-state index contributed by atoms with van der Waals surface area (Å²) in [5, 5.41) is 22.5. The number of methoxy groups -OCH3 is 2. The monoisotopic (exact) mass is 484 g/mol. The van der Waals surface area contributed by atoms with E-state index in [2.05, 4.69) is 21.2 Å². The van der Waals surface area contributed by atoms with Crippen LogP contribution in [0.3, 0.4) is 0 Å². The first kappa shape index (κ1) is 25.9. The summed E-state index contributed by atoms with van der Waals surface area (Å²) in [5.74, 6) is -2.86. The van der Waals surface area contributed by atoms with Crippen molar-refractivity contribution in [2.45, 2.75) is 44.2 Å². The zero-order valence-electron chi connectivity index (χ0n) is 17.2. The van der Waals surface area contributed by atoms with Gasteiger partial charge in [-0.25, -0.2) is 9.59 Å². The van der Waals surface area contributed by atoms with Crippen LogP contribution in [0.25, 0.3) is 0 Å². The Morgan fingerprint density at radius 3 is 2.07 bits per heavy atom. The Bertz CT molecular complexity index is 776. The molecule has 162 valence electrons. The smallest absolute Gasteiger partial charge is 0.414 e. The number of benzene rings is 1. The van der Waals surface area contributed by atoms with Crippen LogP contribution >= 0.6 is 15.9 Å². The molecular formula is C17H23B2BrN2O8. The SMILES string of the molecule is [B]C([B])(c1cc(OC)c(Br)cc1OC)C(O)(O)NC(=O)OC(C)OC(=O)NC(C)C. The second-order valence-electron chi connectivity index (χ2n) is 6.53. The molecule has 0 spiro atoms. The lowest BCUT2D eigenvalue weighted by Gasteiger charge is -2.40. The predicted octanol–water partition coefficient (Wildman–Crippen LogP) is 0.801. The van der Waals surface area contributed by atoms with Crippen LogP contribution in [0, 0.1) is 0 Å². The number of hydrogen-bond donors (Lipinski definition) is 4. The molecule has 0 heterocycles. The highest BCUT2D eigenvalue weighted by molar-refractivity contribution is 9.10. The maximum absolute atomic E-state index is 12.0. The van der Waals surface area contributed by atoms with Gasteiger partial charge in [-0.1, -0.05) is 0 Å². The number of hydrogen-bond acceptors (Lipinski definition) is 8. The molecule has 1 unspecified atom stereocenters. The molecule has 1 atom stereocenters. The Labute approximate surface area is 185 Å². The van der Waals surface area contributed by atoms with E-state index in [1.807, 2.05) is 0 Å². The minimum absolute atomic E-state index is 0.0809. The Morgan fingerprint density at radius 1 is 1.03 bits per heavy atom. The summed E-state index contributed by atoms with van der Waals surface area (Å²) in [5.41, 5.74) is -0.101. The van der Waals surface area contributed by atoms with Crippen LogP contribution in [0.15, 0.2) is 16.6 Å². The molecule has 10 nitrogen and oxygen atoms in total. The van der Waals surface area contributed by atoms with E-state index in [-0.39, 0.29) is 23.1 Å². The van der Waals surface area contributed by atoms with Gasteiger partial charge in [0, 0.05) is 13.0 Å². The van der Waals surface area contributed by atoms with Crippen LogP contribution in [-0.2, 0) is 14.7 Å². The highest BCUT2D eigenvalue weighted by atomic mass is 79.9. The summed E-state index contributed by atoms with van der Waals surface area (Å²) >= 11 is 3.25. The summed E-state index contributed by atoms with van der Waals surface area (Å²) in [6.07, 6.45) is -3.55. The summed E-state index contributed by atoms with van der Waals surface area (Å²) in [7, 11) is 14.6. The van der Waals surface area contributed by atoms with Crippen molar-refractivity contribution in [2.75, 3.05) is 14.2 Å². The predicted molar refractivity (Wildman–Crippen MR) is 111 cm³/mol. The van der Waals surface area contributed by atoms with Crippen molar-refractivity contribution in [2.24, 2.45) is 0 Å². The van der Waals surface area contributed by atoms with E-state index < -0.39 is 29.6 Å². The van der Waals surface area contributed by atoms with Gasteiger partial charge in [0.2, 0.25) is 12.2 Å². The zero-order chi connectivity index (χ0) is 23.3. The molecule has 0 aliphatic carbocycles. The molecule has 0 aliphatic heterocycles. The number of halogens is 1. The normalized spacial score (nSPS) is 12.7.